The number of anilines is 2. The molecule has 1 aliphatic rings. The number of hydrogen-bond donors (Lipinski definition) is 2. The fourth-order valence-electron chi connectivity index (χ4n) is 3.44. The molecule has 1 aliphatic carbocycles. The Kier molecular flexibility index (Phi) is 5.85. The molecule has 3 aromatic rings. The third-order valence-electron chi connectivity index (χ3n) is 5.03. The standard InChI is InChI=1S/C22H20FN3O4S/c1-29-14-7-9-17(30-2)16(11-14)24-21(28)15-8-10-18-19(15)25-22(31-18)26-20(27)12-3-5-13(23)6-4-12/h3-7,9,11,15H,8,10H2,1-2H3,(H,24,28)(H,25,26,27)/t15-/m0/s1. The molecule has 31 heavy (non-hydrogen) atoms. The maximum Gasteiger partial charge on any atom is 0.257 e. The van der Waals surface area contributed by atoms with Crippen LogP contribution in [0.3, 0.4) is 0 Å². The van der Waals surface area contributed by atoms with Crippen LogP contribution in [0.5, 0.6) is 11.5 Å². The normalized spacial score (nSPS) is 14.6. The number of nitrogens with zero attached hydrogens (tertiary/aromatic N) is 1. The summed E-state index contributed by atoms with van der Waals surface area (Å²) < 4.78 is 23.6. The predicted octanol–water partition coefficient (Wildman–Crippen LogP) is 4.22. The Hall–Kier alpha value is -3.46. The summed E-state index contributed by atoms with van der Waals surface area (Å²) in [6.07, 6.45) is 1.34. The topological polar surface area (TPSA) is 89.5 Å². The van der Waals surface area contributed by atoms with Gasteiger partial charge in [0.2, 0.25) is 5.91 Å². The van der Waals surface area contributed by atoms with Crippen LogP contribution in [0.15, 0.2) is 42.5 Å². The van der Waals surface area contributed by atoms with Gasteiger partial charge in [-0.05, 0) is 49.2 Å². The Labute approximate surface area is 182 Å². The molecule has 1 aromatic heterocycles. The molecule has 0 bridgehead atoms. The minimum absolute atomic E-state index is 0.202. The van der Waals surface area contributed by atoms with Crippen molar-refractivity contribution in [2.75, 3.05) is 24.9 Å². The van der Waals surface area contributed by atoms with Gasteiger partial charge in [0.05, 0.1) is 31.5 Å². The number of methoxy groups -OCH3 is 2. The van der Waals surface area contributed by atoms with Gasteiger partial charge in [-0.1, -0.05) is 0 Å². The van der Waals surface area contributed by atoms with E-state index in [1.807, 2.05) is 0 Å². The van der Waals surface area contributed by atoms with Crippen molar-refractivity contribution in [3.8, 4) is 11.5 Å². The van der Waals surface area contributed by atoms with Crippen molar-refractivity contribution in [3.05, 3.63) is 64.4 Å². The van der Waals surface area contributed by atoms with Crippen LogP contribution in [-0.2, 0) is 11.2 Å². The first-order valence-corrected chi connectivity index (χ1v) is 10.4. The third-order valence-corrected chi connectivity index (χ3v) is 6.07. The first-order valence-electron chi connectivity index (χ1n) is 9.58. The number of aryl methyl sites for hydroxylation is 1. The summed E-state index contributed by atoms with van der Waals surface area (Å²) in [5.74, 6) is -0.299. The highest BCUT2D eigenvalue weighted by Gasteiger charge is 2.33. The van der Waals surface area contributed by atoms with Crippen molar-refractivity contribution in [3.63, 3.8) is 0 Å². The molecule has 2 N–H and O–H groups in total. The summed E-state index contributed by atoms with van der Waals surface area (Å²) in [5, 5.41) is 6.04. The molecule has 1 atom stereocenters. The van der Waals surface area contributed by atoms with Gasteiger partial charge in [-0.3, -0.25) is 14.9 Å². The van der Waals surface area contributed by atoms with Crippen molar-refractivity contribution in [2.24, 2.45) is 0 Å². The van der Waals surface area contributed by atoms with Crippen LogP contribution in [-0.4, -0.2) is 31.0 Å². The average molecular weight is 441 g/mol. The summed E-state index contributed by atoms with van der Waals surface area (Å²) >= 11 is 1.35. The molecule has 0 saturated carbocycles. The van der Waals surface area contributed by atoms with Crippen LogP contribution in [0.1, 0.15) is 33.3 Å². The minimum atomic E-state index is -0.432. The van der Waals surface area contributed by atoms with Crippen molar-refractivity contribution >= 4 is 34.0 Å². The Morgan fingerprint density at radius 1 is 1.10 bits per heavy atom. The lowest BCUT2D eigenvalue weighted by atomic mass is 10.1. The quantitative estimate of drug-likeness (QED) is 0.598. The number of thiazole rings is 1. The number of amides is 2. The highest BCUT2D eigenvalue weighted by Crippen LogP contribution is 2.40. The molecule has 0 aliphatic heterocycles. The summed E-state index contributed by atoms with van der Waals surface area (Å²) in [6.45, 7) is 0. The maximum absolute atomic E-state index is 13.1. The lowest BCUT2D eigenvalue weighted by molar-refractivity contribution is -0.117. The Bertz CT molecular complexity index is 1130. The van der Waals surface area contributed by atoms with Crippen molar-refractivity contribution in [1.82, 2.24) is 4.98 Å². The van der Waals surface area contributed by atoms with E-state index in [1.165, 1.54) is 42.7 Å². The maximum atomic E-state index is 13.1. The molecule has 2 aromatic carbocycles. The number of benzene rings is 2. The van der Waals surface area contributed by atoms with Crippen molar-refractivity contribution in [1.29, 1.82) is 0 Å². The van der Waals surface area contributed by atoms with E-state index in [-0.39, 0.29) is 11.8 Å². The molecule has 4 rings (SSSR count). The van der Waals surface area contributed by atoms with Crippen LogP contribution >= 0.6 is 11.3 Å². The van der Waals surface area contributed by atoms with E-state index in [0.717, 1.165) is 4.88 Å². The van der Waals surface area contributed by atoms with Gasteiger partial charge in [0.1, 0.15) is 17.3 Å². The molecule has 2 amide bonds. The number of fused-ring (bicyclic) bond motifs is 1. The Morgan fingerprint density at radius 3 is 2.58 bits per heavy atom. The van der Waals surface area contributed by atoms with Crippen molar-refractivity contribution < 1.29 is 23.5 Å². The van der Waals surface area contributed by atoms with Gasteiger partial charge in [0, 0.05) is 16.5 Å². The van der Waals surface area contributed by atoms with Gasteiger partial charge >= 0.3 is 0 Å². The number of hydrogen-bond acceptors (Lipinski definition) is 6. The lowest BCUT2D eigenvalue weighted by Gasteiger charge is -2.14. The minimum Gasteiger partial charge on any atom is -0.497 e. The SMILES string of the molecule is COc1ccc(OC)c(NC(=O)[C@H]2CCc3sc(NC(=O)c4ccc(F)cc4)nc32)c1. The molecule has 9 heteroatoms. The summed E-state index contributed by atoms with van der Waals surface area (Å²) in [6, 6.07) is 10.4. The highest BCUT2D eigenvalue weighted by molar-refractivity contribution is 7.16. The number of carbonyl (C=O) groups excluding carboxylic acids is 2. The van der Waals surface area contributed by atoms with Gasteiger partial charge in [0.25, 0.3) is 5.91 Å². The number of rotatable bonds is 6. The lowest BCUT2D eigenvalue weighted by Crippen LogP contribution is -2.20. The molecular weight excluding hydrogens is 421 g/mol. The molecule has 0 saturated heterocycles. The van der Waals surface area contributed by atoms with Crippen LogP contribution in [0, 0.1) is 5.82 Å². The van der Waals surface area contributed by atoms with Gasteiger partial charge in [-0.25, -0.2) is 9.37 Å². The third kappa shape index (κ3) is 4.36. The number of aromatic nitrogens is 1. The van der Waals surface area contributed by atoms with Gasteiger partial charge in [-0.15, -0.1) is 11.3 Å². The molecule has 160 valence electrons. The fraction of sp³-hybridized carbons (Fsp3) is 0.227. The first kappa shape index (κ1) is 20.8. The molecule has 0 spiro atoms. The zero-order valence-electron chi connectivity index (χ0n) is 16.9. The van der Waals surface area contributed by atoms with E-state index >= 15 is 0 Å². The Morgan fingerprint density at radius 2 is 1.87 bits per heavy atom. The molecule has 0 fully saturated rings. The van der Waals surface area contributed by atoms with Crippen LogP contribution in [0.25, 0.3) is 0 Å². The fourth-order valence-corrected chi connectivity index (χ4v) is 4.47. The molecular formula is C22H20FN3O4S. The summed E-state index contributed by atoms with van der Waals surface area (Å²) in [7, 11) is 3.08. The van der Waals surface area contributed by atoms with E-state index in [4.69, 9.17) is 9.47 Å². The Balaban J connectivity index is 1.49. The zero-order valence-corrected chi connectivity index (χ0v) is 17.7. The van der Waals surface area contributed by atoms with E-state index in [0.29, 0.717) is 46.4 Å². The second-order valence-corrected chi connectivity index (χ2v) is 8.02. The monoisotopic (exact) mass is 441 g/mol. The average Bonchev–Trinajstić information content (AvgIpc) is 3.34. The smallest absolute Gasteiger partial charge is 0.257 e. The van der Waals surface area contributed by atoms with Gasteiger partial charge in [-0.2, -0.15) is 0 Å². The largest absolute Gasteiger partial charge is 0.497 e. The van der Waals surface area contributed by atoms with Gasteiger partial charge in [0.15, 0.2) is 5.13 Å². The second-order valence-electron chi connectivity index (χ2n) is 6.94. The molecule has 1 heterocycles. The van der Waals surface area contributed by atoms with Gasteiger partial charge < -0.3 is 14.8 Å². The van der Waals surface area contributed by atoms with E-state index in [2.05, 4.69) is 15.6 Å². The van der Waals surface area contributed by atoms with Crippen LogP contribution < -0.4 is 20.1 Å². The van der Waals surface area contributed by atoms with Crippen LogP contribution in [0.2, 0.25) is 0 Å². The molecule has 7 nitrogen and oxygen atoms in total. The molecule has 0 unspecified atom stereocenters. The van der Waals surface area contributed by atoms with E-state index in [1.54, 1.807) is 25.3 Å². The first-order chi connectivity index (χ1) is 15.0. The zero-order chi connectivity index (χ0) is 22.0. The van der Waals surface area contributed by atoms with Crippen LogP contribution in [0.4, 0.5) is 15.2 Å². The second kappa shape index (κ2) is 8.73. The highest BCUT2D eigenvalue weighted by atomic mass is 32.1. The van der Waals surface area contributed by atoms with E-state index < -0.39 is 11.7 Å². The summed E-state index contributed by atoms with van der Waals surface area (Å²) in [4.78, 5) is 30.8. The van der Waals surface area contributed by atoms with Crippen molar-refractivity contribution in [2.45, 2.75) is 18.8 Å². The number of halogens is 1. The number of ether oxygens (including phenoxy) is 2. The summed E-state index contributed by atoms with van der Waals surface area (Å²) in [5.41, 5.74) is 1.51. The van der Waals surface area contributed by atoms with E-state index in [9.17, 15) is 14.0 Å². The number of nitrogens with one attached hydrogen (secondary N) is 2. The predicted molar refractivity (Wildman–Crippen MR) is 116 cm³/mol. The number of carbonyl (C=O) groups is 2. The molecule has 0 radical (unpaired) electrons.